The smallest absolute Gasteiger partial charge is 0.325 e. The number of carboxylic acid groups (broad SMARTS) is 1. The number of aliphatic carboxylic acids is 1. The number of hydrogen-bond donors (Lipinski definition) is 3. The zero-order valence-corrected chi connectivity index (χ0v) is 16.9. The molecule has 152 valence electrons. The maximum atomic E-state index is 13.0. The first-order chi connectivity index (χ1) is 14.4. The average molecular weight is 443 g/mol. The van der Waals surface area contributed by atoms with Crippen LogP contribution in [-0.4, -0.2) is 38.3 Å². The van der Waals surface area contributed by atoms with E-state index in [0.29, 0.717) is 20.8 Å². The zero-order valence-electron chi connectivity index (χ0n) is 15.4. The first-order valence-corrected chi connectivity index (χ1v) is 9.94. The SMILES string of the molecule is NC(=NCC(=O)O)Nc1nn(Cc2nc3cccc(Cl)c3s2)c(=O)c2ccccc12. The molecule has 0 unspecified atom stereocenters. The second kappa shape index (κ2) is 8.09. The summed E-state index contributed by atoms with van der Waals surface area (Å²) in [5.41, 5.74) is 6.24. The molecule has 0 bridgehead atoms. The van der Waals surface area contributed by atoms with Gasteiger partial charge in [0.15, 0.2) is 11.8 Å². The molecule has 2 aromatic heterocycles. The lowest BCUT2D eigenvalue weighted by molar-refractivity contribution is -0.135. The molecule has 0 atom stereocenters. The van der Waals surface area contributed by atoms with Crippen molar-refractivity contribution in [2.24, 2.45) is 10.7 Å². The second-order valence-corrected chi connectivity index (χ2v) is 7.76. The summed E-state index contributed by atoms with van der Waals surface area (Å²) < 4.78 is 2.12. The Hall–Kier alpha value is -3.50. The van der Waals surface area contributed by atoms with Crippen LogP contribution in [-0.2, 0) is 11.3 Å². The van der Waals surface area contributed by atoms with Gasteiger partial charge in [-0.2, -0.15) is 5.10 Å². The molecule has 11 heteroatoms. The van der Waals surface area contributed by atoms with Crippen molar-refractivity contribution < 1.29 is 9.90 Å². The Kier molecular flexibility index (Phi) is 5.34. The van der Waals surface area contributed by atoms with E-state index in [1.807, 2.05) is 12.1 Å². The van der Waals surface area contributed by atoms with Gasteiger partial charge in [0.1, 0.15) is 11.6 Å². The standard InChI is InChI=1S/C19H15ClN6O3S/c20-12-6-3-7-13-16(12)30-14(23-13)9-26-18(29)11-5-2-1-4-10(11)17(25-26)24-19(21)22-8-15(27)28/h1-7H,8-9H2,(H,27,28)(H3,21,22,24,25). The minimum absolute atomic E-state index is 0.118. The number of carboxylic acids is 1. The van der Waals surface area contributed by atoms with Gasteiger partial charge in [0.2, 0.25) is 0 Å². The summed E-state index contributed by atoms with van der Waals surface area (Å²) >= 11 is 7.61. The largest absolute Gasteiger partial charge is 0.480 e. The number of nitrogens with one attached hydrogen (secondary N) is 1. The molecule has 0 aliphatic heterocycles. The summed E-state index contributed by atoms with van der Waals surface area (Å²) in [6, 6.07) is 12.4. The van der Waals surface area contributed by atoms with Gasteiger partial charge in [-0.15, -0.1) is 11.3 Å². The molecule has 0 saturated heterocycles. The van der Waals surface area contributed by atoms with Gasteiger partial charge in [0.05, 0.1) is 27.2 Å². The predicted molar refractivity (Wildman–Crippen MR) is 117 cm³/mol. The number of anilines is 1. The highest BCUT2D eigenvalue weighted by Gasteiger charge is 2.14. The molecule has 0 fully saturated rings. The van der Waals surface area contributed by atoms with E-state index in [4.69, 9.17) is 22.4 Å². The minimum Gasteiger partial charge on any atom is -0.480 e. The molecule has 0 amide bonds. The Morgan fingerprint density at radius 3 is 2.73 bits per heavy atom. The van der Waals surface area contributed by atoms with Crippen LogP contribution in [0.2, 0.25) is 5.02 Å². The van der Waals surface area contributed by atoms with E-state index in [2.05, 4.69) is 20.4 Å². The van der Waals surface area contributed by atoms with Crippen molar-refractivity contribution in [1.29, 1.82) is 0 Å². The lowest BCUT2D eigenvalue weighted by Gasteiger charge is -2.11. The molecule has 2 heterocycles. The van der Waals surface area contributed by atoms with E-state index < -0.39 is 12.5 Å². The highest BCUT2D eigenvalue weighted by molar-refractivity contribution is 7.19. The lowest BCUT2D eigenvalue weighted by Crippen LogP contribution is -2.29. The third-order valence-corrected chi connectivity index (χ3v) is 5.71. The van der Waals surface area contributed by atoms with Crippen molar-refractivity contribution in [3.63, 3.8) is 0 Å². The fraction of sp³-hybridized carbons (Fsp3) is 0.105. The molecule has 2 aromatic carbocycles. The molecule has 30 heavy (non-hydrogen) atoms. The van der Waals surface area contributed by atoms with E-state index >= 15 is 0 Å². The number of thiazole rings is 1. The van der Waals surface area contributed by atoms with Crippen molar-refractivity contribution in [2.75, 3.05) is 11.9 Å². The predicted octanol–water partition coefficient (Wildman–Crippen LogP) is 2.52. The van der Waals surface area contributed by atoms with Crippen molar-refractivity contribution >= 4 is 61.7 Å². The van der Waals surface area contributed by atoms with Crippen LogP contribution >= 0.6 is 22.9 Å². The second-order valence-electron chi connectivity index (χ2n) is 6.27. The van der Waals surface area contributed by atoms with Crippen LogP contribution in [0.25, 0.3) is 21.0 Å². The van der Waals surface area contributed by atoms with Crippen LogP contribution in [0.4, 0.5) is 5.82 Å². The van der Waals surface area contributed by atoms with Crippen LogP contribution in [0.1, 0.15) is 5.01 Å². The summed E-state index contributed by atoms with van der Waals surface area (Å²) in [5.74, 6) is -0.944. The summed E-state index contributed by atoms with van der Waals surface area (Å²) in [6.45, 7) is -0.344. The summed E-state index contributed by atoms with van der Waals surface area (Å²) in [5, 5.41) is 18.2. The van der Waals surface area contributed by atoms with Gasteiger partial charge < -0.3 is 16.2 Å². The maximum Gasteiger partial charge on any atom is 0.325 e. The fourth-order valence-corrected chi connectivity index (χ4v) is 4.14. The molecule has 4 N–H and O–H groups in total. The van der Waals surface area contributed by atoms with Crippen molar-refractivity contribution in [3.05, 3.63) is 62.8 Å². The number of carbonyl (C=O) groups is 1. The highest BCUT2D eigenvalue weighted by Crippen LogP contribution is 2.29. The van der Waals surface area contributed by atoms with Crippen LogP contribution in [0.5, 0.6) is 0 Å². The van der Waals surface area contributed by atoms with Crippen LogP contribution in [0.3, 0.4) is 0 Å². The molecular formula is C19H15ClN6O3S. The van der Waals surface area contributed by atoms with Gasteiger partial charge in [0, 0.05) is 5.39 Å². The van der Waals surface area contributed by atoms with Gasteiger partial charge in [-0.05, 0) is 18.2 Å². The van der Waals surface area contributed by atoms with Gasteiger partial charge in [0.25, 0.3) is 5.56 Å². The Morgan fingerprint density at radius 2 is 2.00 bits per heavy atom. The van der Waals surface area contributed by atoms with E-state index in [1.54, 1.807) is 30.3 Å². The van der Waals surface area contributed by atoms with Gasteiger partial charge in [-0.3, -0.25) is 9.59 Å². The topological polar surface area (TPSA) is 135 Å². The van der Waals surface area contributed by atoms with Gasteiger partial charge in [-0.25, -0.2) is 14.7 Å². The zero-order chi connectivity index (χ0) is 21.3. The molecule has 0 aliphatic carbocycles. The summed E-state index contributed by atoms with van der Waals surface area (Å²) in [4.78, 5) is 31.9. The first kappa shape index (κ1) is 19.8. The van der Waals surface area contributed by atoms with E-state index in [1.165, 1.54) is 16.0 Å². The molecular weight excluding hydrogens is 428 g/mol. The molecule has 4 aromatic rings. The molecule has 0 aliphatic rings. The van der Waals surface area contributed by atoms with Crippen LogP contribution in [0.15, 0.2) is 52.3 Å². The minimum atomic E-state index is -1.11. The quantitative estimate of drug-likeness (QED) is 0.319. The average Bonchev–Trinajstić information content (AvgIpc) is 3.14. The maximum absolute atomic E-state index is 13.0. The first-order valence-electron chi connectivity index (χ1n) is 8.75. The number of nitrogens with two attached hydrogens (primary N) is 1. The third kappa shape index (κ3) is 3.95. The number of hydrogen-bond acceptors (Lipinski definition) is 6. The number of benzene rings is 2. The Labute approximate surface area is 178 Å². The lowest BCUT2D eigenvalue weighted by atomic mass is 10.2. The van der Waals surface area contributed by atoms with E-state index in [9.17, 15) is 9.59 Å². The number of halogens is 1. The Bertz CT molecular complexity index is 1360. The molecule has 0 saturated carbocycles. The number of fused-ring (bicyclic) bond motifs is 2. The molecule has 4 rings (SSSR count). The monoisotopic (exact) mass is 442 g/mol. The Morgan fingerprint density at radius 1 is 1.23 bits per heavy atom. The Balaban J connectivity index is 1.76. The van der Waals surface area contributed by atoms with Gasteiger partial charge >= 0.3 is 5.97 Å². The molecule has 0 spiro atoms. The molecule has 0 radical (unpaired) electrons. The number of guanidine groups is 1. The molecule has 9 nitrogen and oxygen atoms in total. The van der Waals surface area contributed by atoms with Crippen molar-refractivity contribution in [2.45, 2.75) is 6.54 Å². The summed E-state index contributed by atoms with van der Waals surface area (Å²) in [6.07, 6.45) is 0. The number of nitrogens with zero attached hydrogens (tertiary/aromatic N) is 4. The number of rotatable bonds is 5. The van der Waals surface area contributed by atoms with Crippen molar-refractivity contribution in [3.8, 4) is 0 Å². The normalized spacial score (nSPS) is 11.8. The third-order valence-electron chi connectivity index (χ3n) is 4.20. The fourth-order valence-electron chi connectivity index (χ4n) is 2.91. The highest BCUT2D eigenvalue weighted by atomic mass is 35.5. The van der Waals surface area contributed by atoms with Gasteiger partial charge in [-0.1, -0.05) is 35.9 Å². The number of aliphatic imine (C=N–C) groups is 1. The summed E-state index contributed by atoms with van der Waals surface area (Å²) in [7, 11) is 0. The number of aromatic nitrogens is 3. The van der Waals surface area contributed by atoms with E-state index in [0.717, 1.165) is 10.2 Å². The van der Waals surface area contributed by atoms with Crippen LogP contribution < -0.4 is 16.6 Å². The van der Waals surface area contributed by atoms with E-state index in [-0.39, 0.29) is 23.9 Å². The van der Waals surface area contributed by atoms with Crippen LogP contribution in [0, 0.1) is 0 Å². The van der Waals surface area contributed by atoms with Crippen molar-refractivity contribution in [1.82, 2.24) is 14.8 Å².